The minimum absolute atomic E-state index is 0.361. The van der Waals surface area contributed by atoms with Crippen LogP contribution in [0.2, 0.25) is 5.02 Å². The van der Waals surface area contributed by atoms with Crippen LogP contribution in [-0.2, 0) is 12.8 Å². The van der Waals surface area contributed by atoms with Gasteiger partial charge in [0.25, 0.3) is 0 Å². The highest BCUT2D eigenvalue weighted by Gasteiger charge is 2.09. The summed E-state index contributed by atoms with van der Waals surface area (Å²) in [7, 11) is 0. The van der Waals surface area contributed by atoms with Crippen LogP contribution >= 0.6 is 23.2 Å². The molecule has 3 nitrogen and oxygen atoms in total. The molecule has 18 heavy (non-hydrogen) atoms. The SMILES string of the molecule is Fc1ccc(Cc2noc(CCCCl)n2)c(Cl)c1. The van der Waals surface area contributed by atoms with Crippen LogP contribution in [-0.4, -0.2) is 16.0 Å². The van der Waals surface area contributed by atoms with Crippen molar-refractivity contribution in [3.63, 3.8) is 0 Å². The summed E-state index contributed by atoms with van der Waals surface area (Å²) in [5.74, 6) is 1.29. The number of hydrogen-bond donors (Lipinski definition) is 0. The number of halogens is 3. The average Bonchev–Trinajstić information content (AvgIpc) is 2.78. The van der Waals surface area contributed by atoms with E-state index in [1.165, 1.54) is 12.1 Å². The van der Waals surface area contributed by atoms with Crippen LogP contribution in [0.5, 0.6) is 0 Å². The molecule has 1 aromatic heterocycles. The van der Waals surface area contributed by atoms with Crippen molar-refractivity contribution >= 4 is 23.2 Å². The molecule has 0 bridgehead atoms. The highest BCUT2D eigenvalue weighted by atomic mass is 35.5. The van der Waals surface area contributed by atoms with Crippen molar-refractivity contribution in [3.8, 4) is 0 Å². The number of hydrogen-bond acceptors (Lipinski definition) is 3. The fraction of sp³-hybridized carbons (Fsp3) is 0.333. The second-order valence-corrected chi connectivity index (χ2v) is 4.59. The largest absolute Gasteiger partial charge is 0.339 e. The molecule has 6 heteroatoms. The van der Waals surface area contributed by atoms with E-state index in [0.717, 1.165) is 12.0 Å². The molecule has 0 aliphatic rings. The molecule has 0 aliphatic carbocycles. The molecular weight excluding hydrogens is 278 g/mol. The summed E-state index contributed by atoms with van der Waals surface area (Å²) in [6.45, 7) is 0. The van der Waals surface area contributed by atoms with Gasteiger partial charge in [0.05, 0.1) is 0 Å². The Hall–Kier alpha value is -1.13. The van der Waals surface area contributed by atoms with E-state index < -0.39 is 0 Å². The van der Waals surface area contributed by atoms with E-state index in [0.29, 0.717) is 35.5 Å². The summed E-state index contributed by atoms with van der Waals surface area (Å²) in [5.41, 5.74) is 0.766. The van der Waals surface area contributed by atoms with Gasteiger partial charge in [0.2, 0.25) is 5.89 Å². The Labute approximate surface area is 114 Å². The summed E-state index contributed by atoms with van der Waals surface area (Å²) >= 11 is 11.5. The first kappa shape index (κ1) is 13.3. The Balaban J connectivity index is 2.06. The number of aryl methyl sites for hydroxylation is 1. The van der Waals surface area contributed by atoms with Crippen molar-refractivity contribution in [2.24, 2.45) is 0 Å². The van der Waals surface area contributed by atoms with E-state index in [2.05, 4.69) is 10.1 Å². The van der Waals surface area contributed by atoms with E-state index in [4.69, 9.17) is 27.7 Å². The maximum atomic E-state index is 12.9. The zero-order valence-corrected chi connectivity index (χ0v) is 11.0. The molecule has 0 fully saturated rings. The highest BCUT2D eigenvalue weighted by Crippen LogP contribution is 2.19. The fourth-order valence-electron chi connectivity index (χ4n) is 1.52. The molecule has 96 valence electrons. The molecule has 0 amide bonds. The quantitative estimate of drug-likeness (QED) is 0.789. The van der Waals surface area contributed by atoms with Gasteiger partial charge in [0.1, 0.15) is 5.82 Å². The van der Waals surface area contributed by atoms with Crippen molar-refractivity contribution in [2.45, 2.75) is 19.3 Å². The van der Waals surface area contributed by atoms with Gasteiger partial charge < -0.3 is 4.52 Å². The minimum Gasteiger partial charge on any atom is -0.339 e. The first-order valence-corrected chi connectivity index (χ1v) is 6.41. The van der Waals surface area contributed by atoms with Crippen LogP contribution < -0.4 is 0 Å². The highest BCUT2D eigenvalue weighted by molar-refractivity contribution is 6.31. The lowest BCUT2D eigenvalue weighted by atomic mass is 10.1. The monoisotopic (exact) mass is 288 g/mol. The number of aromatic nitrogens is 2. The molecule has 0 N–H and O–H groups in total. The third kappa shape index (κ3) is 3.43. The second kappa shape index (κ2) is 6.16. The van der Waals surface area contributed by atoms with Gasteiger partial charge in [-0.05, 0) is 24.1 Å². The standard InChI is InChI=1S/C12H11Cl2FN2O/c13-5-1-2-12-16-11(17-18-12)6-8-3-4-9(15)7-10(8)14/h3-4,7H,1-2,5-6H2. The minimum atomic E-state index is -0.361. The van der Waals surface area contributed by atoms with Crippen LogP contribution in [0.3, 0.4) is 0 Å². The lowest BCUT2D eigenvalue weighted by molar-refractivity contribution is 0.373. The molecule has 0 atom stereocenters. The van der Waals surface area contributed by atoms with Crippen LogP contribution in [0.1, 0.15) is 23.7 Å². The van der Waals surface area contributed by atoms with Crippen LogP contribution in [0.25, 0.3) is 0 Å². The van der Waals surface area contributed by atoms with Crippen molar-refractivity contribution in [1.29, 1.82) is 0 Å². The van der Waals surface area contributed by atoms with Crippen molar-refractivity contribution < 1.29 is 8.91 Å². The molecule has 0 radical (unpaired) electrons. The number of nitrogens with zero attached hydrogens (tertiary/aromatic N) is 2. The maximum absolute atomic E-state index is 12.9. The Morgan fingerprint density at radius 3 is 2.89 bits per heavy atom. The summed E-state index contributed by atoms with van der Waals surface area (Å²) in [6, 6.07) is 4.24. The van der Waals surface area contributed by atoms with Crippen LogP contribution in [0, 0.1) is 5.82 Å². The lowest BCUT2D eigenvalue weighted by Crippen LogP contribution is -1.93. The molecule has 1 aromatic carbocycles. The number of rotatable bonds is 5. The van der Waals surface area contributed by atoms with Gasteiger partial charge in [0, 0.05) is 23.7 Å². The molecule has 0 aliphatic heterocycles. The Morgan fingerprint density at radius 1 is 1.33 bits per heavy atom. The smallest absolute Gasteiger partial charge is 0.226 e. The van der Waals surface area contributed by atoms with E-state index in [1.54, 1.807) is 6.07 Å². The fourth-order valence-corrected chi connectivity index (χ4v) is 1.88. The van der Waals surface area contributed by atoms with E-state index in [1.807, 2.05) is 0 Å². The van der Waals surface area contributed by atoms with Crippen molar-refractivity contribution in [1.82, 2.24) is 10.1 Å². The van der Waals surface area contributed by atoms with Gasteiger partial charge in [-0.2, -0.15) is 4.98 Å². The van der Waals surface area contributed by atoms with Gasteiger partial charge in [-0.25, -0.2) is 4.39 Å². The Kier molecular flexibility index (Phi) is 4.55. The van der Waals surface area contributed by atoms with Crippen LogP contribution in [0.4, 0.5) is 4.39 Å². The molecule has 1 heterocycles. The molecule has 0 saturated heterocycles. The van der Waals surface area contributed by atoms with Crippen LogP contribution in [0.15, 0.2) is 22.7 Å². The third-order valence-corrected chi connectivity index (χ3v) is 3.02. The number of benzene rings is 1. The predicted molar refractivity (Wildman–Crippen MR) is 67.6 cm³/mol. The first-order chi connectivity index (χ1) is 8.69. The lowest BCUT2D eigenvalue weighted by Gasteiger charge is -2.00. The first-order valence-electron chi connectivity index (χ1n) is 5.50. The molecule has 2 aromatic rings. The Bertz CT molecular complexity index is 531. The maximum Gasteiger partial charge on any atom is 0.226 e. The molecular formula is C12H11Cl2FN2O. The van der Waals surface area contributed by atoms with Gasteiger partial charge in [-0.1, -0.05) is 22.8 Å². The summed E-state index contributed by atoms with van der Waals surface area (Å²) < 4.78 is 17.9. The van der Waals surface area contributed by atoms with E-state index >= 15 is 0 Å². The summed E-state index contributed by atoms with van der Waals surface area (Å²) in [5, 5.41) is 4.21. The van der Waals surface area contributed by atoms with E-state index in [-0.39, 0.29) is 5.82 Å². The van der Waals surface area contributed by atoms with E-state index in [9.17, 15) is 4.39 Å². The Morgan fingerprint density at radius 2 is 2.17 bits per heavy atom. The van der Waals surface area contributed by atoms with Crippen molar-refractivity contribution in [2.75, 3.05) is 5.88 Å². The predicted octanol–water partition coefficient (Wildman–Crippen LogP) is 3.62. The van der Waals surface area contributed by atoms with Gasteiger partial charge >= 0.3 is 0 Å². The third-order valence-electron chi connectivity index (χ3n) is 2.40. The molecule has 0 spiro atoms. The normalized spacial score (nSPS) is 10.8. The van der Waals surface area contributed by atoms with Gasteiger partial charge in [-0.3, -0.25) is 0 Å². The van der Waals surface area contributed by atoms with Gasteiger partial charge in [-0.15, -0.1) is 11.6 Å². The average molecular weight is 289 g/mol. The molecule has 0 unspecified atom stereocenters. The zero-order chi connectivity index (χ0) is 13.0. The molecule has 2 rings (SSSR count). The summed E-state index contributed by atoms with van der Waals surface area (Å²) in [4.78, 5) is 4.22. The zero-order valence-electron chi connectivity index (χ0n) is 9.50. The van der Waals surface area contributed by atoms with Gasteiger partial charge in [0.15, 0.2) is 5.82 Å². The van der Waals surface area contributed by atoms with Crippen molar-refractivity contribution in [3.05, 3.63) is 46.3 Å². The number of alkyl halides is 1. The second-order valence-electron chi connectivity index (χ2n) is 3.81. The summed E-state index contributed by atoms with van der Waals surface area (Å²) in [6.07, 6.45) is 1.87. The topological polar surface area (TPSA) is 38.9 Å². The molecule has 0 saturated carbocycles.